The van der Waals surface area contributed by atoms with Crippen LogP contribution in [0.4, 0.5) is 15.3 Å². The fourth-order valence-corrected chi connectivity index (χ4v) is 5.47. The molecule has 3 aliphatic heterocycles. The van der Waals surface area contributed by atoms with Crippen LogP contribution in [0.1, 0.15) is 17.7 Å². The number of nitrogens with zero attached hydrogens (tertiary/aromatic N) is 5. The second-order valence-corrected chi connectivity index (χ2v) is 9.41. The third-order valence-corrected chi connectivity index (χ3v) is 7.31. The lowest BCUT2D eigenvalue weighted by atomic mass is 9.89. The standard InChI is InChI=1S/C26H26N6O4/c1-35-25(33)30-12-24-23-10-19-8-16(3-5-22(19)32(23)26(34)36-24)17-2-4-21(29-11-17)9-20-14-31(15-28)13-18(20)6-7-27/h2-5,8,11,18,20,23-24H,6,9-10,12-14H2,1H3,(H,30,33)/t18?,20?,23-,24?/m0/s1. The number of cyclic esters (lactones) is 1. The Morgan fingerprint density at radius 2 is 2.03 bits per heavy atom. The molecule has 0 saturated carbocycles. The number of fused-ring (bicyclic) bond motifs is 3. The molecule has 10 nitrogen and oxygen atoms in total. The zero-order valence-corrected chi connectivity index (χ0v) is 19.9. The summed E-state index contributed by atoms with van der Waals surface area (Å²) in [6.07, 6.45) is 4.43. The monoisotopic (exact) mass is 486 g/mol. The maximum atomic E-state index is 12.5. The summed E-state index contributed by atoms with van der Waals surface area (Å²) < 4.78 is 10.1. The van der Waals surface area contributed by atoms with Gasteiger partial charge in [-0.05, 0) is 54.0 Å². The normalized spacial score (nSPS) is 23.9. The molecule has 2 aromatic rings. The first-order valence-corrected chi connectivity index (χ1v) is 11.9. The van der Waals surface area contributed by atoms with Crippen molar-refractivity contribution in [3.63, 3.8) is 0 Å². The largest absolute Gasteiger partial charge is 0.453 e. The highest BCUT2D eigenvalue weighted by Crippen LogP contribution is 2.40. The minimum absolute atomic E-state index is 0.179. The van der Waals surface area contributed by atoms with Gasteiger partial charge in [-0.15, -0.1) is 0 Å². The van der Waals surface area contributed by atoms with Gasteiger partial charge in [-0.1, -0.05) is 12.1 Å². The predicted octanol–water partition coefficient (Wildman–Crippen LogP) is 2.84. The van der Waals surface area contributed by atoms with E-state index in [0.29, 0.717) is 25.9 Å². The van der Waals surface area contributed by atoms with E-state index in [2.05, 4.69) is 33.4 Å². The Bertz CT molecular complexity index is 1250. The Morgan fingerprint density at radius 1 is 1.22 bits per heavy atom. The second kappa shape index (κ2) is 9.74. The number of likely N-dealkylation sites (tertiary alicyclic amines) is 1. The van der Waals surface area contributed by atoms with Crippen molar-refractivity contribution in [3.05, 3.63) is 47.8 Å². The molecule has 2 saturated heterocycles. The summed E-state index contributed by atoms with van der Waals surface area (Å²) in [6, 6.07) is 12.1. The van der Waals surface area contributed by atoms with Gasteiger partial charge in [0.15, 0.2) is 6.19 Å². The zero-order valence-electron chi connectivity index (χ0n) is 19.9. The number of rotatable bonds is 6. The van der Waals surface area contributed by atoms with Crippen molar-refractivity contribution in [3.8, 4) is 23.4 Å². The van der Waals surface area contributed by atoms with E-state index in [1.54, 1.807) is 9.80 Å². The van der Waals surface area contributed by atoms with Crippen LogP contribution in [0.3, 0.4) is 0 Å². The Hall–Kier alpha value is -4.31. The lowest BCUT2D eigenvalue weighted by Gasteiger charge is -2.16. The van der Waals surface area contributed by atoms with Gasteiger partial charge in [0.25, 0.3) is 0 Å². The Morgan fingerprint density at radius 3 is 2.75 bits per heavy atom. The van der Waals surface area contributed by atoms with Crippen molar-refractivity contribution < 1.29 is 19.1 Å². The van der Waals surface area contributed by atoms with Crippen LogP contribution in [-0.2, 0) is 22.3 Å². The highest BCUT2D eigenvalue weighted by molar-refractivity contribution is 5.94. The van der Waals surface area contributed by atoms with Gasteiger partial charge < -0.3 is 19.7 Å². The van der Waals surface area contributed by atoms with E-state index < -0.39 is 18.3 Å². The van der Waals surface area contributed by atoms with Gasteiger partial charge in [-0.25, -0.2) is 9.59 Å². The SMILES string of the molecule is COC(=O)NCC1OC(=O)N2c3ccc(-c4ccc(CC5CN(C#N)CC5CC#N)nc4)cc3C[C@@H]12. The molecule has 36 heavy (non-hydrogen) atoms. The quantitative estimate of drug-likeness (QED) is 0.617. The summed E-state index contributed by atoms with van der Waals surface area (Å²) in [4.78, 5) is 32.0. The number of hydrogen-bond acceptors (Lipinski definition) is 8. The van der Waals surface area contributed by atoms with Crippen molar-refractivity contribution in [2.45, 2.75) is 31.4 Å². The van der Waals surface area contributed by atoms with Crippen LogP contribution in [0.2, 0.25) is 0 Å². The van der Waals surface area contributed by atoms with Gasteiger partial charge in [-0.2, -0.15) is 10.5 Å². The fourth-order valence-electron chi connectivity index (χ4n) is 5.47. The van der Waals surface area contributed by atoms with Gasteiger partial charge in [0.1, 0.15) is 6.10 Å². The fraction of sp³-hybridized carbons (Fsp3) is 0.423. The van der Waals surface area contributed by atoms with Gasteiger partial charge in [0.2, 0.25) is 0 Å². The summed E-state index contributed by atoms with van der Waals surface area (Å²) in [6.45, 7) is 1.48. The van der Waals surface area contributed by atoms with E-state index >= 15 is 0 Å². The predicted molar refractivity (Wildman–Crippen MR) is 128 cm³/mol. The number of carbonyl (C=O) groups is 2. The number of methoxy groups -OCH3 is 1. The van der Waals surface area contributed by atoms with E-state index in [-0.39, 0.29) is 24.4 Å². The first kappa shape index (κ1) is 23.4. The Labute approximate surface area is 209 Å². The molecule has 0 bridgehead atoms. The van der Waals surface area contributed by atoms with Gasteiger partial charge in [0.05, 0.1) is 31.5 Å². The minimum atomic E-state index is -0.561. The zero-order chi connectivity index (χ0) is 25.2. The number of alkyl carbamates (subject to hydrolysis) is 1. The number of carbonyl (C=O) groups excluding carboxylic acids is 2. The molecule has 3 unspecified atom stereocenters. The van der Waals surface area contributed by atoms with Gasteiger partial charge in [0, 0.05) is 37.0 Å². The summed E-state index contributed by atoms with van der Waals surface area (Å²) in [5, 5.41) is 21.0. The molecule has 184 valence electrons. The first-order chi connectivity index (χ1) is 17.5. The average molecular weight is 487 g/mol. The molecule has 4 heterocycles. The topological polar surface area (TPSA) is 132 Å². The van der Waals surface area contributed by atoms with E-state index in [4.69, 9.17) is 10.00 Å². The second-order valence-electron chi connectivity index (χ2n) is 9.41. The molecule has 1 N–H and O–H groups in total. The number of ether oxygens (including phenoxy) is 2. The van der Waals surface area contributed by atoms with E-state index in [0.717, 1.165) is 34.5 Å². The molecule has 0 radical (unpaired) electrons. The molecule has 2 fully saturated rings. The number of aromatic nitrogens is 1. The van der Waals surface area contributed by atoms with Crippen molar-refractivity contribution in [1.82, 2.24) is 15.2 Å². The highest BCUT2D eigenvalue weighted by atomic mass is 16.6. The number of nitriles is 2. The highest BCUT2D eigenvalue weighted by Gasteiger charge is 2.47. The molecule has 0 aliphatic carbocycles. The number of pyridine rings is 1. The summed E-state index contributed by atoms with van der Waals surface area (Å²) in [5.41, 5.74) is 4.79. The molecular formula is C26H26N6O4. The van der Waals surface area contributed by atoms with Crippen molar-refractivity contribution in [1.29, 1.82) is 10.5 Å². The van der Waals surface area contributed by atoms with Crippen molar-refractivity contribution in [2.75, 3.05) is 31.6 Å². The van der Waals surface area contributed by atoms with Gasteiger partial charge >= 0.3 is 12.2 Å². The molecular weight excluding hydrogens is 460 g/mol. The van der Waals surface area contributed by atoms with Crippen LogP contribution < -0.4 is 10.2 Å². The average Bonchev–Trinajstić information content (AvgIpc) is 3.56. The summed E-state index contributed by atoms with van der Waals surface area (Å²) in [5.74, 6) is 0.415. The summed E-state index contributed by atoms with van der Waals surface area (Å²) >= 11 is 0. The summed E-state index contributed by atoms with van der Waals surface area (Å²) in [7, 11) is 1.29. The number of anilines is 1. The van der Waals surface area contributed by atoms with E-state index in [1.165, 1.54) is 7.11 Å². The van der Waals surface area contributed by atoms with Crippen molar-refractivity contribution >= 4 is 17.9 Å². The van der Waals surface area contributed by atoms with E-state index in [9.17, 15) is 14.9 Å². The number of nitrogens with one attached hydrogen (secondary N) is 1. The molecule has 2 amide bonds. The van der Waals surface area contributed by atoms with Crippen LogP contribution in [0.15, 0.2) is 36.5 Å². The van der Waals surface area contributed by atoms with Crippen LogP contribution in [0.5, 0.6) is 0 Å². The third kappa shape index (κ3) is 4.38. The molecule has 10 heteroatoms. The number of amides is 2. The molecule has 4 atom stereocenters. The number of hydrogen-bond donors (Lipinski definition) is 1. The molecule has 1 aromatic carbocycles. The van der Waals surface area contributed by atoms with Crippen LogP contribution in [0.25, 0.3) is 11.1 Å². The Kier molecular flexibility index (Phi) is 6.34. The Balaban J connectivity index is 1.28. The van der Waals surface area contributed by atoms with Gasteiger partial charge in [-0.3, -0.25) is 9.88 Å². The van der Waals surface area contributed by atoms with E-state index in [1.807, 2.05) is 30.5 Å². The third-order valence-electron chi connectivity index (χ3n) is 7.31. The molecule has 5 rings (SSSR count). The minimum Gasteiger partial charge on any atom is -0.453 e. The lowest BCUT2D eigenvalue weighted by molar-refractivity contribution is 0.123. The van der Waals surface area contributed by atoms with Crippen LogP contribution in [-0.4, -0.2) is 61.0 Å². The van der Waals surface area contributed by atoms with Crippen LogP contribution in [0, 0.1) is 34.6 Å². The lowest BCUT2D eigenvalue weighted by Crippen LogP contribution is -2.40. The first-order valence-electron chi connectivity index (χ1n) is 11.9. The maximum Gasteiger partial charge on any atom is 0.415 e. The smallest absolute Gasteiger partial charge is 0.415 e. The maximum absolute atomic E-state index is 12.5. The molecule has 0 spiro atoms. The molecule has 1 aromatic heterocycles. The number of benzene rings is 1. The van der Waals surface area contributed by atoms with Crippen molar-refractivity contribution in [2.24, 2.45) is 11.8 Å². The van der Waals surface area contributed by atoms with Crippen LogP contribution >= 0.6 is 0 Å². The molecule has 3 aliphatic rings.